The first-order valence-electron chi connectivity index (χ1n) is 9.83. The van der Waals surface area contributed by atoms with Crippen LogP contribution < -0.4 is 10.1 Å². The number of rotatable bonds is 9. The Morgan fingerprint density at radius 2 is 1.76 bits per heavy atom. The Morgan fingerprint density at radius 1 is 1.03 bits per heavy atom. The van der Waals surface area contributed by atoms with E-state index in [2.05, 4.69) is 5.32 Å². The number of halogens is 3. The second kappa shape index (κ2) is 11.0. The SMILES string of the molecule is COc1ccc(S(=O)(=O)N(CCc2ccccc2)CC(=O)Nc2ccc(F)c(Cl)c2)cc1Cl. The molecule has 0 heterocycles. The molecule has 3 aromatic rings. The molecule has 0 aliphatic heterocycles. The molecule has 1 N–H and O–H groups in total. The van der Waals surface area contributed by atoms with Gasteiger partial charge in [0.15, 0.2) is 0 Å². The third kappa shape index (κ3) is 6.45. The van der Waals surface area contributed by atoms with E-state index in [0.29, 0.717) is 12.2 Å². The summed E-state index contributed by atoms with van der Waals surface area (Å²) in [6, 6.07) is 17.1. The van der Waals surface area contributed by atoms with E-state index in [1.807, 2.05) is 30.3 Å². The van der Waals surface area contributed by atoms with Crippen LogP contribution in [0.3, 0.4) is 0 Å². The molecule has 33 heavy (non-hydrogen) atoms. The summed E-state index contributed by atoms with van der Waals surface area (Å²) in [6.07, 6.45) is 0.389. The average molecular weight is 511 g/mol. The van der Waals surface area contributed by atoms with Crippen LogP contribution in [0.25, 0.3) is 0 Å². The summed E-state index contributed by atoms with van der Waals surface area (Å²) in [6.45, 7) is -0.415. The van der Waals surface area contributed by atoms with Gasteiger partial charge in [0, 0.05) is 12.2 Å². The van der Waals surface area contributed by atoms with Gasteiger partial charge in [0.05, 0.1) is 28.6 Å². The number of nitrogens with one attached hydrogen (secondary N) is 1. The maximum absolute atomic E-state index is 13.4. The summed E-state index contributed by atoms with van der Waals surface area (Å²) in [7, 11) is -2.65. The number of benzene rings is 3. The van der Waals surface area contributed by atoms with E-state index in [-0.39, 0.29) is 27.2 Å². The summed E-state index contributed by atoms with van der Waals surface area (Å²) in [4.78, 5) is 12.6. The summed E-state index contributed by atoms with van der Waals surface area (Å²) in [5, 5.41) is 2.52. The molecule has 0 saturated heterocycles. The molecule has 0 radical (unpaired) electrons. The first kappa shape index (κ1) is 25.0. The van der Waals surface area contributed by atoms with Crippen molar-refractivity contribution < 1.29 is 22.3 Å². The molecule has 0 aliphatic rings. The Kier molecular flexibility index (Phi) is 8.31. The van der Waals surface area contributed by atoms with Crippen LogP contribution in [-0.2, 0) is 21.2 Å². The van der Waals surface area contributed by atoms with Gasteiger partial charge in [-0.2, -0.15) is 4.31 Å². The van der Waals surface area contributed by atoms with Crippen LogP contribution in [0.15, 0.2) is 71.6 Å². The molecule has 0 unspecified atom stereocenters. The Hall–Kier alpha value is -2.65. The Morgan fingerprint density at radius 3 is 2.39 bits per heavy atom. The van der Waals surface area contributed by atoms with E-state index >= 15 is 0 Å². The lowest BCUT2D eigenvalue weighted by Gasteiger charge is -2.22. The minimum absolute atomic E-state index is 0.0492. The van der Waals surface area contributed by atoms with Crippen molar-refractivity contribution in [3.63, 3.8) is 0 Å². The Labute approximate surface area is 201 Å². The fourth-order valence-corrected chi connectivity index (χ4v) is 5.00. The number of methoxy groups -OCH3 is 1. The van der Waals surface area contributed by atoms with Crippen molar-refractivity contribution in [2.75, 3.05) is 25.5 Å². The summed E-state index contributed by atoms with van der Waals surface area (Å²) < 4.78 is 46.3. The van der Waals surface area contributed by atoms with Gasteiger partial charge in [0.1, 0.15) is 11.6 Å². The maximum Gasteiger partial charge on any atom is 0.243 e. The number of amides is 1. The van der Waals surface area contributed by atoms with Crippen LogP contribution in [0.4, 0.5) is 10.1 Å². The van der Waals surface area contributed by atoms with Gasteiger partial charge in [-0.25, -0.2) is 12.8 Å². The zero-order valence-corrected chi connectivity index (χ0v) is 19.9. The molecule has 3 aromatic carbocycles. The molecule has 174 valence electrons. The molecule has 1 amide bonds. The molecule has 10 heteroatoms. The Balaban J connectivity index is 1.85. The minimum atomic E-state index is -4.07. The zero-order chi connectivity index (χ0) is 24.0. The van der Waals surface area contributed by atoms with E-state index in [0.717, 1.165) is 15.9 Å². The fraction of sp³-hybridized carbons (Fsp3) is 0.174. The number of carbonyl (C=O) groups excluding carboxylic acids is 1. The van der Waals surface area contributed by atoms with Crippen LogP contribution in [0, 0.1) is 5.82 Å². The van der Waals surface area contributed by atoms with Crippen LogP contribution in [0.1, 0.15) is 5.56 Å². The second-order valence-electron chi connectivity index (χ2n) is 7.05. The molecule has 6 nitrogen and oxygen atoms in total. The summed E-state index contributed by atoms with van der Waals surface area (Å²) in [5.74, 6) is -0.899. The van der Waals surface area contributed by atoms with Gasteiger partial charge in [-0.05, 0) is 48.4 Å². The smallest absolute Gasteiger partial charge is 0.243 e. The van der Waals surface area contributed by atoms with Crippen LogP contribution in [0.5, 0.6) is 5.75 Å². The van der Waals surface area contributed by atoms with Gasteiger partial charge < -0.3 is 10.1 Å². The highest BCUT2D eigenvalue weighted by molar-refractivity contribution is 7.89. The Bertz CT molecular complexity index is 1240. The van der Waals surface area contributed by atoms with Crippen molar-refractivity contribution >= 4 is 44.8 Å². The lowest BCUT2D eigenvalue weighted by atomic mass is 10.1. The number of ether oxygens (including phenoxy) is 1. The number of sulfonamides is 1. The van der Waals surface area contributed by atoms with Crippen molar-refractivity contribution in [1.82, 2.24) is 4.31 Å². The van der Waals surface area contributed by atoms with Crippen molar-refractivity contribution in [2.45, 2.75) is 11.3 Å². The van der Waals surface area contributed by atoms with E-state index in [4.69, 9.17) is 27.9 Å². The van der Waals surface area contributed by atoms with Gasteiger partial charge in [0.25, 0.3) is 0 Å². The molecular formula is C23H21Cl2FN2O4S. The largest absolute Gasteiger partial charge is 0.495 e. The minimum Gasteiger partial charge on any atom is -0.495 e. The lowest BCUT2D eigenvalue weighted by molar-refractivity contribution is -0.116. The van der Waals surface area contributed by atoms with Gasteiger partial charge >= 0.3 is 0 Å². The molecule has 0 fully saturated rings. The summed E-state index contributed by atoms with van der Waals surface area (Å²) in [5.41, 5.74) is 1.16. The van der Waals surface area contributed by atoms with Crippen LogP contribution in [-0.4, -0.2) is 38.8 Å². The molecule has 0 bridgehead atoms. The predicted molar refractivity (Wildman–Crippen MR) is 127 cm³/mol. The molecule has 0 saturated carbocycles. The van der Waals surface area contributed by atoms with Gasteiger partial charge in [0.2, 0.25) is 15.9 Å². The zero-order valence-electron chi connectivity index (χ0n) is 17.6. The average Bonchev–Trinajstić information content (AvgIpc) is 2.79. The highest BCUT2D eigenvalue weighted by atomic mass is 35.5. The quantitative estimate of drug-likeness (QED) is 0.438. The van der Waals surface area contributed by atoms with Gasteiger partial charge in [-0.15, -0.1) is 0 Å². The predicted octanol–water partition coefficient (Wildman–Crippen LogP) is 5.01. The highest BCUT2D eigenvalue weighted by Crippen LogP contribution is 2.28. The van der Waals surface area contributed by atoms with Crippen molar-refractivity contribution in [1.29, 1.82) is 0 Å². The number of hydrogen-bond acceptors (Lipinski definition) is 4. The molecule has 0 aliphatic carbocycles. The molecule has 0 aromatic heterocycles. The summed E-state index contributed by atoms with van der Waals surface area (Å²) >= 11 is 11.9. The topological polar surface area (TPSA) is 75.7 Å². The van der Waals surface area contributed by atoms with Crippen molar-refractivity contribution in [2.24, 2.45) is 0 Å². The van der Waals surface area contributed by atoms with Gasteiger partial charge in [-0.3, -0.25) is 4.79 Å². The second-order valence-corrected chi connectivity index (χ2v) is 9.80. The van der Waals surface area contributed by atoms with Crippen molar-refractivity contribution in [3.05, 3.63) is 88.2 Å². The standard InChI is InChI=1S/C23H21Cl2FN2O4S/c1-32-22-10-8-18(14-20(22)25)33(30,31)28(12-11-16-5-3-2-4-6-16)15-23(29)27-17-7-9-21(26)19(24)13-17/h2-10,13-14H,11-12,15H2,1H3,(H,27,29). The number of carbonyl (C=O) groups is 1. The van der Waals surface area contributed by atoms with E-state index < -0.39 is 28.3 Å². The fourth-order valence-electron chi connectivity index (χ4n) is 3.07. The third-order valence-corrected chi connectivity index (χ3v) is 7.20. The van der Waals surface area contributed by atoms with Crippen LogP contribution in [0.2, 0.25) is 10.0 Å². The normalized spacial score (nSPS) is 11.4. The molecule has 0 spiro atoms. The van der Waals surface area contributed by atoms with Crippen LogP contribution >= 0.6 is 23.2 Å². The lowest BCUT2D eigenvalue weighted by Crippen LogP contribution is -2.39. The van der Waals surface area contributed by atoms with E-state index in [1.54, 1.807) is 0 Å². The monoisotopic (exact) mass is 510 g/mol. The number of anilines is 1. The first-order valence-corrected chi connectivity index (χ1v) is 12.0. The molecule has 3 rings (SSSR count). The third-order valence-electron chi connectivity index (χ3n) is 4.78. The number of nitrogens with zero attached hydrogens (tertiary/aromatic N) is 1. The van der Waals surface area contributed by atoms with Crippen molar-refractivity contribution in [3.8, 4) is 5.75 Å². The molecule has 0 atom stereocenters. The van der Waals surface area contributed by atoms with E-state index in [1.165, 1.54) is 37.4 Å². The highest BCUT2D eigenvalue weighted by Gasteiger charge is 2.27. The van der Waals surface area contributed by atoms with E-state index in [9.17, 15) is 17.6 Å². The van der Waals surface area contributed by atoms with Gasteiger partial charge in [-0.1, -0.05) is 53.5 Å². The number of hydrogen-bond donors (Lipinski definition) is 1. The molecular weight excluding hydrogens is 490 g/mol. The maximum atomic E-state index is 13.4. The first-order chi connectivity index (χ1) is 15.7.